The third kappa shape index (κ3) is 2.57. The van der Waals surface area contributed by atoms with Crippen LogP contribution in [-0.2, 0) is 14.3 Å². The standard InChI is InChI=1S/C20H16N2O6/c23-17-8-6-14(18(24)21-11-5-7-15-16(9-11)27-10-26-15)22(17)19-12-3-1-2-4-13(12)20(25)28-19/h1-5,7,9,14,19H,6,8,10H2,(H,21,24)/t14-,19+/m0/s1. The summed E-state index contributed by atoms with van der Waals surface area (Å²) in [7, 11) is 0. The Hall–Kier alpha value is -3.55. The number of carbonyl (C=O) groups is 3. The number of nitrogens with zero attached hydrogens (tertiary/aromatic N) is 1. The molecule has 2 aromatic rings. The number of ether oxygens (including phenoxy) is 3. The van der Waals surface area contributed by atoms with E-state index in [1.165, 1.54) is 4.90 Å². The number of carbonyl (C=O) groups excluding carboxylic acids is 3. The maximum Gasteiger partial charge on any atom is 0.340 e. The highest BCUT2D eigenvalue weighted by molar-refractivity contribution is 6.00. The van der Waals surface area contributed by atoms with Crippen molar-refractivity contribution in [1.82, 2.24) is 4.90 Å². The van der Waals surface area contributed by atoms with Crippen LogP contribution in [0.4, 0.5) is 5.69 Å². The largest absolute Gasteiger partial charge is 0.454 e. The fourth-order valence-electron chi connectivity index (χ4n) is 3.79. The predicted octanol–water partition coefficient (Wildman–Crippen LogP) is 2.21. The molecule has 0 unspecified atom stereocenters. The van der Waals surface area contributed by atoms with E-state index >= 15 is 0 Å². The molecule has 2 amide bonds. The number of anilines is 1. The van der Waals surface area contributed by atoms with E-state index in [2.05, 4.69) is 5.32 Å². The number of fused-ring (bicyclic) bond motifs is 2. The van der Waals surface area contributed by atoms with Crippen LogP contribution in [0.3, 0.4) is 0 Å². The summed E-state index contributed by atoms with van der Waals surface area (Å²) in [5.74, 6) is 0.113. The molecule has 3 aliphatic heterocycles. The number of cyclic esters (lactones) is 1. The van der Waals surface area contributed by atoms with Crippen LogP contribution in [0.15, 0.2) is 42.5 Å². The van der Waals surface area contributed by atoms with Crippen LogP contribution in [0, 0.1) is 0 Å². The van der Waals surface area contributed by atoms with Crippen molar-refractivity contribution in [3.63, 3.8) is 0 Å². The van der Waals surface area contributed by atoms with Crippen molar-refractivity contribution in [2.24, 2.45) is 0 Å². The van der Waals surface area contributed by atoms with E-state index in [1.807, 2.05) is 0 Å². The van der Waals surface area contributed by atoms with Crippen molar-refractivity contribution < 1.29 is 28.6 Å². The number of amides is 2. The number of likely N-dealkylation sites (tertiary alicyclic amines) is 1. The second-order valence-corrected chi connectivity index (χ2v) is 6.76. The van der Waals surface area contributed by atoms with Gasteiger partial charge < -0.3 is 19.5 Å². The fraction of sp³-hybridized carbons (Fsp3) is 0.250. The molecule has 2 aromatic carbocycles. The topological polar surface area (TPSA) is 94.2 Å². The molecule has 0 radical (unpaired) electrons. The van der Waals surface area contributed by atoms with Crippen molar-refractivity contribution in [1.29, 1.82) is 0 Å². The van der Waals surface area contributed by atoms with Crippen molar-refractivity contribution in [3.05, 3.63) is 53.6 Å². The van der Waals surface area contributed by atoms with Crippen LogP contribution in [-0.4, -0.2) is 35.5 Å². The minimum atomic E-state index is -0.883. The molecule has 0 saturated carbocycles. The lowest BCUT2D eigenvalue weighted by Crippen LogP contribution is -2.43. The molecule has 0 spiro atoms. The molecular weight excluding hydrogens is 364 g/mol. The van der Waals surface area contributed by atoms with Crippen molar-refractivity contribution in [2.75, 3.05) is 12.1 Å². The minimum Gasteiger partial charge on any atom is -0.454 e. The molecule has 8 heteroatoms. The van der Waals surface area contributed by atoms with E-state index in [1.54, 1.807) is 42.5 Å². The molecule has 5 rings (SSSR count). The van der Waals surface area contributed by atoms with Gasteiger partial charge in [0.25, 0.3) is 0 Å². The van der Waals surface area contributed by atoms with Crippen molar-refractivity contribution in [3.8, 4) is 11.5 Å². The maximum atomic E-state index is 12.9. The van der Waals surface area contributed by atoms with Gasteiger partial charge in [0.15, 0.2) is 11.5 Å². The molecule has 0 aromatic heterocycles. The summed E-state index contributed by atoms with van der Waals surface area (Å²) in [4.78, 5) is 38.9. The van der Waals surface area contributed by atoms with Gasteiger partial charge in [-0.05, 0) is 24.6 Å². The molecule has 1 N–H and O–H groups in total. The summed E-state index contributed by atoms with van der Waals surface area (Å²) < 4.78 is 16.0. The first-order chi connectivity index (χ1) is 13.6. The number of nitrogens with one attached hydrogen (secondary N) is 1. The quantitative estimate of drug-likeness (QED) is 0.821. The Morgan fingerprint density at radius 3 is 2.79 bits per heavy atom. The highest BCUT2D eigenvalue weighted by Crippen LogP contribution is 2.39. The number of esters is 1. The average Bonchev–Trinajstić information content (AvgIpc) is 3.39. The molecule has 1 fully saturated rings. The van der Waals surface area contributed by atoms with Gasteiger partial charge in [-0.15, -0.1) is 0 Å². The molecule has 8 nitrogen and oxygen atoms in total. The summed E-state index contributed by atoms with van der Waals surface area (Å²) in [6, 6.07) is 11.3. The molecule has 142 valence electrons. The summed E-state index contributed by atoms with van der Waals surface area (Å²) in [5.41, 5.74) is 1.56. The number of rotatable bonds is 3. The van der Waals surface area contributed by atoms with Gasteiger partial charge in [0.1, 0.15) is 6.04 Å². The Bertz CT molecular complexity index is 1000. The molecule has 2 atom stereocenters. The zero-order valence-electron chi connectivity index (χ0n) is 14.7. The SMILES string of the molecule is O=C1O[C@@H](N2C(=O)CC[C@H]2C(=O)Nc2ccc3c(c2)OCO3)c2ccccc21. The predicted molar refractivity (Wildman–Crippen MR) is 95.7 cm³/mol. The minimum absolute atomic E-state index is 0.143. The van der Waals surface area contributed by atoms with Gasteiger partial charge in [-0.1, -0.05) is 18.2 Å². The van der Waals surface area contributed by atoms with Gasteiger partial charge in [0.2, 0.25) is 24.8 Å². The number of hydrogen-bond acceptors (Lipinski definition) is 6. The second-order valence-electron chi connectivity index (χ2n) is 6.76. The highest BCUT2D eigenvalue weighted by atomic mass is 16.7. The van der Waals surface area contributed by atoms with Crippen LogP contribution in [0.1, 0.15) is 35.0 Å². The molecule has 0 aliphatic carbocycles. The maximum absolute atomic E-state index is 12.9. The molecule has 3 heterocycles. The Morgan fingerprint density at radius 2 is 1.89 bits per heavy atom. The molecular formula is C20H16N2O6. The van der Waals surface area contributed by atoms with Gasteiger partial charge >= 0.3 is 5.97 Å². The van der Waals surface area contributed by atoms with Crippen LogP contribution in [0.2, 0.25) is 0 Å². The lowest BCUT2D eigenvalue weighted by Gasteiger charge is -2.29. The second kappa shape index (κ2) is 6.26. The lowest BCUT2D eigenvalue weighted by molar-refractivity contribution is -0.144. The fourth-order valence-corrected chi connectivity index (χ4v) is 3.79. The van der Waals surface area contributed by atoms with Gasteiger partial charge in [0, 0.05) is 23.7 Å². The van der Waals surface area contributed by atoms with E-state index in [0.29, 0.717) is 34.7 Å². The van der Waals surface area contributed by atoms with Crippen molar-refractivity contribution >= 4 is 23.5 Å². The Morgan fingerprint density at radius 1 is 1.07 bits per heavy atom. The molecule has 1 saturated heterocycles. The van der Waals surface area contributed by atoms with Crippen LogP contribution < -0.4 is 14.8 Å². The first-order valence-corrected chi connectivity index (χ1v) is 8.93. The first kappa shape index (κ1) is 16.6. The third-order valence-electron chi connectivity index (χ3n) is 5.12. The third-order valence-corrected chi connectivity index (χ3v) is 5.12. The van der Waals surface area contributed by atoms with E-state index in [0.717, 1.165) is 0 Å². The van der Waals surface area contributed by atoms with E-state index < -0.39 is 18.2 Å². The van der Waals surface area contributed by atoms with E-state index in [-0.39, 0.29) is 25.0 Å². The smallest absolute Gasteiger partial charge is 0.340 e. The first-order valence-electron chi connectivity index (χ1n) is 8.93. The molecule has 3 aliphatic rings. The van der Waals surface area contributed by atoms with Crippen LogP contribution >= 0.6 is 0 Å². The average molecular weight is 380 g/mol. The van der Waals surface area contributed by atoms with Gasteiger partial charge in [0.05, 0.1) is 5.56 Å². The van der Waals surface area contributed by atoms with Gasteiger partial charge in [-0.3, -0.25) is 14.5 Å². The van der Waals surface area contributed by atoms with Crippen molar-refractivity contribution in [2.45, 2.75) is 25.1 Å². The lowest BCUT2D eigenvalue weighted by atomic mass is 10.1. The van der Waals surface area contributed by atoms with E-state index in [9.17, 15) is 14.4 Å². The van der Waals surface area contributed by atoms with Crippen LogP contribution in [0.25, 0.3) is 0 Å². The summed E-state index contributed by atoms with van der Waals surface area (Å²) in [6.07, 6.45) is -0.313. The zero-order valence-corrected chi connectivity index (χ0v) is 14.7. The summed E-state index contributed by atoms with van der Waals surface area (Å²) >= 11 is 0. The van der Waals surface area contributed by atoms with E-state index in [4.69, 9.17) is 14.2 Å². The monoisotopic (exact) mass is 380 g/mol. The Kier molecular flexibility index (Phi) is 3.71. The molecule has 0 bridgehead atoms. The summed E-state index contributed by atoms with van der Waals surface area (Å²) in [5, 5.41) is 2.81. The van der Waals surface area contributed by atoms with Crippen LogP contribution in [0.5, 0.6) is 11.5 Å². The Labute approximate surface area is 160 Å². The zero-order chi connectivity index (χ0) is 19.3. The molecule has 28 heavy (non-hydrogen) atoms. The number of hydrogen-bond donors (Lipinski definition) is 1. The normalized spacial score (nSPS) is 22.2. The highest BCUT2D eigenvalue weighted by Gasteiger charge is 2.46. The summed E-state index contributed by atoms with van der Waals surface area (Å²) in [6.45, 7) is 0.143. The number of benzene rings is 2. The Balaban J connectivity index is 1.39. The van der Waals surface area contributed by atoms with Gasteiger partial charge in [-0.2, -0.15) is 0 Å². The van der Waals surface area contributed by atoms with Gasteiger partial charge in [-0.25, -0.2) is 4.79 Å².